The van der Waals surface area contributed by atoms with Crippen molar-refractivity contribution in [1.82, 2.24) is 15.0 Å². The van der Waals surface area contributed by atoms with Crippen LogP contribution in [-0.4, -0.2) is 40.6 Å². The van der Waals surface area contributed by atoms with Gasteiger partial charge < -0.3 is 15.0 Å². The molecular formula is C22H23N5O2. The zero-order chi connectivity index (χ0) is 20.2. The van der Waals surface area contributed by atoms with Gasteiger partial charge in [0, 0.05) is 30.5 Å². The molecular weight excluding hydrogens is 366 g/mol. The first kappa shape index (κ1) is 18.9. The van der Waals surface area contributed by atoms with E-state index in [1.165, 1.54) is 0 Å². The summed E-state index contributed by atoms with van der Waals surface area (Å²) in [5, 5.41) is 3.39. The van der Waals surface area contributed by atoms with Crippen LogP contribution in [0.2, 0.25) is 0 Å². The van der Waals surface area contributed by atoms with Crippen molar-refractivity contribution < 1.29 is 9.53 Å². The first-order chi connectivity index (χ1) is 14.1. The summed E-state index contributed by atoms with van der Waals surface area (Å²) in [7, 11) is 0. The van der Waals surface area contributed by atoms with Crippen molar-refractivity contribution in [3.05, 3.63) is 59.9 Å². The Bertz CT molecular complexity index is 1020. The van der Waals surface area contributed by atoms with E-state index in [0.717, 1.165) is 40.6 Å². The van der Waals surface area contributed by atoms with Gasteiger partial charge in [-0.1, -0.05) is 18.2 Å². The van der Waals surface area contributed by atoms with Crippen LogP contribution in [0.3, 0.4) is 0 Å². The number of fused-ring (bicyclic) bond motifs is 1. The molecule has 0 unspecified atom stereocenters. The van der Waals surface area contributed by atoms with Gasteiger partial charge in [-0.05, 0) is 44.5 Å². The number of aryl methyl sites for hydroxylation is 1. The van der Waals surface area contributed by atoms with Crippen molar-refractivity contribution in [3.8, 4) is 17.3 Å². The van der Waals surface area contributed by atoms with Crippen LogP contribution in [0.5, 0.6) is 5.75 Å². The summed E-state index contributed by atoms with van der Waals surface area (Å²) < 4.78 is 5.50. The number of amides is 1. The predicted octanol–water partition coefficient (Wildman–Crippen LogP) is 3.38. The summed E-state index contributed by atoms with van der Waals surface area (Å²) in [4.78, 5) is 27.6. The van der Waals surface area contributed by atoms with Gasteiger partial charge in [-0.25, -0.2) is 9.97 Å². The number of hydrogen-bond acceptors (Lipinski definition) is 6. The van der Waals surface area contributed by atoms with E-state index < -0.39 is 0 Å². The first-order valence-corrected chi connectivity index (χ1v) is 9.66. The van der Waals surface area contributed by atoms with E-state index in [4.69, 9.17) is 4.74 Å². The van der Waals surface area contributed by atoms with Gasteiger partial charge in [0.1, 0.15) is 17.3 Å². The fourth-order valence-electron chi connectivity index (χ4n) is 3.25. The zero-order valence-electron chi connectivity index (χ0n) is 16.6. The lowest BCUT2D eigenvalue weighted by atomic mass is 10.2. The van der Waals surface area contributed by atoms with Gasteiger partial charge >= 0.3 is 0 Å². The van der Waals surface area contributed by atoms with Gasteiger partial charge in [0.2, 0.25) is 0 Å². The Labute approximate surface area is 169 Å². The smallest absolute Gasteiger partial charge is 0.265 e. The molecule has 0 bridgehead atoms. The number of aromatic nitrogens is 3. The highest BCUT2D eigenvalue weighted by molar-refractivity contribution is 5.97. The number of nitrogens with one attached hydrogen (secondary N) is 1. The van der Waals surface area contributed by atoms with Crippen molar-refractivity contribution in [2.24, 2.45) is 0 Å². The van der Waals surface area contributed by atoms with Crippen molar-refractivity contribution in [2.75, 3.05) is 29.9 Å². The number of hydrogen-bond donors (Lipinski definition) is 1. The van der Waals surface area contributed by atoms with Crippen molar-refractivity contribution in [1.29, 1.82) is 0 Å². The van der Waals surface area contributed by atoms with E-state index in [0.29, 0.717) is 18.9 Å². The molecule has 7 heteroatoms. The molecule has 148 valence electrons. The lowest BCUT2D eigenvalue weighted by molar-refractivity contribution is -0.121. The van der Waals surface area contributed by atoms with Crippen LogP contribution in [0.1, 0.15) is 17.7 Å². The molecule has 0 saturated heterocycles. The van der Waals surface area contributed by atoms with Crippen LogP contribution in [0.25, 0.3) is 11.5 Å². The topological polar surface area (TPSA) is 80.2 Å². The monoisotopic (exact) mass is 389 g/mol. The number of rotatable bonds is 6. The fourth-order valence-corrected chi connectivity index (χ4v) is 3.25. The quantitative estimate of drug-likeness (QED) is 0.651. The molecule has 3 heterocycles. The molecule has 1 N–H and O–H groups in total. The van der Waals surface area contributed by atoms with E-state index in [9.17, 15) is 4.79 Å². The van der Waals surface area contributed by atoms with E-state index >= 15 is 0 Å². The molecule has 1 amide bonds. The minimum Gasteiger partial charge on any atom is -0.482 e. The van der Waals surface area contributed by atoms with Crippen LogP contribution in [-0.2, 0) is 4.79 Å². The number of benzene rings is 1. The molecule has 2 aromatic heterocycles. The first-order valence-electron chi connectivity index (χ1n) is 9.66. The number of nitrogens with zero attached hydrogens (tertiary/aromatic N) is 4. The SMILES string of the molecule is Cc1nc(-c2ccccn2)nc(NCCCN2C(=O)COc3ccccc32)c1C. The van der Waals surface area contributed by atoms with Crippen LogP contribution in [0, 0.1) is 13.8 Å². The lowest BCUT2D eigenvalue weighted by Crippen LogP contribution is -2.39. The normalized spacial score (nSPS) is 13.0. The number of pyridine rings is 1. The molecule has 1 aliphatic rings. The van der Waals surface area contributed by atoms with Crippen LogP contribution in [0.4, 0.5) is 11.5 Å². The maximum Gasteiger partial charge on any atom is 0.265 e. The number of carbonyl (C=O) groups is 1. The Morgan fingerprint density at radius 2 is 1.93 bits per heavy atom. The molecule has 1 aliphatic heterocycles. The van der Waals surface area contributed by atoms with E-state index in [2.05, 4.69) is 20.3 Å². The molecule has 7 nitrogen and oxygen atoms in total. The van der Waals surface area contributed by atoms with E-state index in [1.54, 1.807) is 11.1 Å². The van der Waals surface area contributed by atoms with E-state index in [-0.39, 0.29) is 12.5 Å². The molecule has 0 fully saturated rings. The standard InChI is InChI=1S/C22H23N5O2/c1-15-16(2)25-22(17-8-5-6-11-23-17)26-21(15)24-12-7-13-27-18-9-3-4-10-19(18)29-14-20(27)28/h3-6,8-11H,7,12-14H2,1-2H3,(H,24,25,26). The summed E-state index contributed by atoms with van der Waals surface area (Å²) in [6.45, 7) is 5.36. The molecule has 4 rings (SSSR count). The second kappa shape index (κ2) is 8.26. The maximum absolute atomic E-state index is 12.3. The Kier molecular flexibility index (Phi) is 5.37. The van der Waals surface area contributed by atoms with Gasteiger partial charge in [0.25, 0.3) is 5.91 Å². The summed E-state index contributed by atoms with van der Waals surface area (Å²) in [6, 6.07) is 13.3. The molecule has 1 aromatic carbocycles. The third-order valence-electron chi connectivity index (χ3n) is 4.94. The van der Waals surface area contributed by atoms with Crippen molar-refractivity contribution in [3.63, 3.8) is 0 Å². The number of para-hydroxylation sites is 2. The molecule has 0 saturated carbocycles. The summed E-state index contributed by atoms with van der Waals surface area (Å²) >= 11 is 0. The van der Waals surface area contributed by atoms with Gasteiger partial charge in [-0.2, -0.15) is 0 Å². The van der Waals surface area contributed by atoms with Crippen LogP contribution >= 0.6 is 0 Å². The van der Waals surface area contributed by atoms with Gasteiger partial charge in [0.05, 0.1) is 5.69 Å². The second-order valence-electron chi connectivity index (χ2n) is 6.90. The summed E-state index contributed by atoms with van der Waals surface area (Å²) in [6.07, 6.45) is 2.51. The van der Waals surface area contributed by atoms with Crippen LogP contribution < -0.4 is 15.0 Å². The highest BCUT2D eigenvalue weighted by Crippen LogP contribution is 2.31. The minimum atomic E-state index is -0.0183. The number of carbonyl (C=O) groups excluding carboxylic acids is 1. The Morgan fingerprint density at radius 1 is 1.10 bits per heavy atom. The highest BCUT2D eigenvalue weighted by atomic mass is 16.5. The van der Waals surface area contributed by atoms with Gasteiger partial charge in [0.15, 0.2) is 12.4 Å². The van der Waals surface area contributed by atoms with Crippen molar-refractivity contribution in [2.45, 2.75) is 20.3 Å². The van der Waals surface area contributed by atoms with Gasteiger partial charge in [-0.3, -0.25) is 9.78 Å². The fraction of sp³-hybridized carbons (Fsp3) is 0.273. The molecule has 29 heavy (non-hydrogen) atoms. The van der Waals surface area contributed by atoms with Gasteiger partial charge in [-0.15, -0.1) is 0 Å². The predicted molar refractivity (Wildman–Crippen MR) is 112 cm³/mol. The molecule has 0 radical (unpaired) electrons. The number of ether oxygens (including phenoxy) is 1. The zero-order valence-corrected chi connectivity index (χ0v) is 16.6. The summed E-state index contributed by atoms with van der Waals surface area (Å²) in [5.74, 6) is 2.14. The van der Waals surface area contributed by atoms with Crippen LogP contribution in [0.15, 0.2) is 48.7 Å². The molecule has 0 atom stereocenters. The third kappa shape index (κ3) is 4.03. The lowest BCUT2D eigenvalue weighted by Gasteiger charge is -2.29. The molecule has 0 aliphatic carbocycles. The average molecular weight is 389 g/mol. The number of anilines is 2. The van der Waals surface area contributed by atoms with Crippen molar-refractivity contribution >= 4 is 17.4 Å². The second-order valence-corrected chi connectivity index (χ2v) is 6.90. The molecule has 3 aromatic rings. The molecule has 0 spiro atoms. The minimum absolute atomic E-state index is 0.0183. The average Bonchev–Trinajstić information content (AvgIpc) is 2.75. The Balaban J connectivity index is 1.43. The Morgan fingerprint density at radius 3 is 2.76 bits per heavy atom. The summed E-state index contributed by atoms with van der Waals surface area (Å²) in [5.41, 5.74) is 3.50. The maximum atomic E-state index is 12.3. The largest absolute Gasteiger partial charge is 0.482 e. The third-order valence-corrected chi connectivity index (χ3v) is 4.94. The Hall–Kier alpha value is -3.48. The van der Waals surface area contributed by atoms with E-state index in [1.807, 2.05) is 56.3 Å². The highest BCUT2D eigenvalue weighted by Gasteiger charge is 2.24.